The Morgan fingerprint density at radius 1 is 1.09 bits per heavy atom. The number of benzene rings is 2. The van der Waals surface area contributed by atoms with Gasteiger partial charge in [0.05, 0.1) is 23.5 Å². The van der Waals surface area contributed by atoms with E-state index in [0.717, 1.165) is 17.0 Å². The minimum absolute atomic E-state index is 0.0247. The van der Waals surface area contributed by atoms with Gasteiger partial charge < -0.3 is 9.47 Å². The van der Waals surface area contributed by atoms with E-state index in [4.69, 9.17) is 9.47 Å². The summed E-state index contributed by atoms with van der Waals surface area (Å²) in [7, 11) is 0. The number of nitrogens with one attached hydrogen (secondary N) is 1. The first kappa shape index (κ1) is 25.6. The number of ether oxygens (including phenoxy) is 2. The summed E-state index contributed by atoms with van der Waals surface area (Å²) in [5.41, 5.74) is 5.71. The Morgan fingerprint density at radius 3 is 2.46 bits per heavy atom. The number of nitro benzene ring substituents is 1. The lowest BCUT2D eigenvalue weighted by atomic mass is 10.2. The average molecular weight is 496 g/mol. The number of rotatable bonds is 11. The maximum atomic E-state index is 12.1. The third-order valence-electron chi connectivity index (χ3n) is 4.51. The quantitative estimate of drug-likeness (QED) is 0.138. The van der Waals surface area contributed by atoms with Crippen LogP contribution in [0.1, 0.15) is 29.4 Å². The number of non-ortho nitro benzene ring substituents is 1. The van der Waals surface area contributed by atoms with Crippen LogP contribution in [0.3, 0.4) is 0 Å². The summed E-state index contributed by atoms with van der Waals surface area (Å²) < 4.78 is 11.5. The third-order valence-corrected chi connectivity index (χ3v) is 5.35. The summed E-state index contributed by atoms with van der Waals surface area (Å²) >= 11 is 1.24. The van der Waals surface area contributed by atoms with Gasteiger partial charge in [-0.05, 0) is 68.3 Å². The molecule has 0 bridgehead atoms. The van der Waals surface area contributed by atoms with Crippen LogP contribution < -0.4 is 14.9 Å². The van der Waals surface area contributed by atoms with Crippen molar-refractivity contribution in [3.63, 3.8) is 0 Å². The molecule has 0 aliphatic rings. The van der Waals surface area contributed by atoms with E-state index in [-0.39, 0.29) is 24.0 Å². The number of hydrogen-bond donors (Lipinski definition) is 1. The van der Waals surface area contributed by atoms with E-state index >= 15 is 0 Å². The number of carbonyl (C=O) groups is 1. The van der Waals surface area contributed by atoms with Crippen molar-refractivity contribution in [1.82, 2.24) is 15.4 Å². The highest BCUT2D eigenvalue weighted by Gasteiger charge is 2.09. The van der Waals surface area contributed by atoms with Crippen molar-refractivity contribution in [2.45, 2.75) is 32.5 Å². The van der Waals surface area contributed by atoms with Gasteiger partial charge in [0.2, 0.25) is 0 Å². The molecule has 182 valence electrons. The molecule has 11 heteroatoms. The lowest BCUT2D eigenvalue weighted by molar-refractivity contribution is -0.384. The van der Waals surface area contributed by atoms with Crippen LogP contribution in [0.5, 0.6) is 11.5 Å². The van der Waals surface area contributed by atoms with E-state index in [9.17, 15) is 14.9 Å². The molecule has 1 aromatic heterocycles. The van der Waals surface area contributed by atoms with Crippen LogP contribution in [0, 0.1) is 24.0 Å². The molecule has 0 aliphatic carbocycles. The van der Waals surface area contributed by atoms with E-state index in [1.54, 1.807) is 30.3 Å². The van der Waals surface area contributed by atoms with Crippen LogP contribution in [0.2, 0.25) is 0 Å². The summed E-state index contributed by atoms with van der Waals surface area (Å²) in [6.45, 7) is 6.28. The van der Waals surface area contributed by atoms with E-state index in [1.807, 2.05) is 26.8 Å². The Labute approximate surface area is 206 Å². The molecule has 1 amide bonds. The molecule has 2 aromatic carbocycles. The highest BCUT2D eigenvalue weighted by Crippen LogP contribution is 2.29. The van der Waals surface area contributed by atoms with Crippen LogP contribution in [0.25, 0.3) is 0 Å². The molecular formula is C24H25N5O5S. The van der Waals surface area contributed by atoms with Crippen molar-refractivity contribution >= 4 is 29.6 Å². The van der Waals surface area contributed by atoms with Crippen LogP contribution in [0.4, 0.5) is 5.69 Å². The first-order chi connectivity index (χ1) is 16.8. The minimum Gasteiger partial charge on any atom is -0.490 e. The molecule has 3 rings (SSSR count). The Balaban J connectivity index is 1.55. The molecule has 0 fully saturated rings. The predicted octanol–water partition coefficient (Wildman–Crippen LogP) is 4.22. The molecule has 3 aromatic rings. The fourth-order valence-corrected chi connectivity index (χ4v) is 3.71. The molecule has 0 saturated heterocycles. The number of hydrogen-bond acceptors (Lipinski definition) is 9. The average Bonchev–Trinajstić information content (AvgIpc) is 2.82. The fraction of sp³-hybridized carbons (Fsp3) is 0.250. The Morgan fingerprint density at radius 2 is 1.80 bits per heavy atom. The van der Waals surface area contributed by atoms with Crippen LogP contribution >= 0.6 is 11.8 Å². The molecule has 0 spiro atoms. The monoisotopic (exact) mass is 495 g/mol. The second-order valence-corrected chi connectivity index (χ2v) is 8.31. The standard InChI is InChI=1S/C24H25N5O5S/c1-4-33-22-12-19(7-10-21(22)34-14-18-5-8-20(9-6-18)29(31)32)13-25-28-23(30)15-35-24-26-16(2)11-17(3)27-24/h5-13H,4,14-15H2,1-3H3,(H,28,30)/b25-13-. The Hall–Kier alpha value is -3.99. The smallest absolute Gasteiger partial charge is 0.269 e. The second-order valence-electron chi connectivity index (χ2n) is 7.37. The van der Waals surface area contributed by atoms with Crippen LogP contribution in [-0.2, 0) is 11.4 Å². The molecule has 0 atom stereocenters. The third kappa shape index (κ3) is 8.07. The van der Waals surface area contributed by atoms with Gasteiger partial charge in [0.25, 0.3) is 11.6 Å². The number of carbonyl (C=O) groups excluding carboxylic acids is 1. The number of aryl methyl sites for hydroxylation is 2. The summed E-state index contributed by atoms with van der Waals surface area (Å²) in [6, 6.07) is 13.3. The first-order valence-corrected chi connectivity index (χ1v) is 11.7. The van der Waals surface area contributed by atoms with Crippen molar-refractivity contribution < 1.29 is 19.2 Å². The molecule has 10 nitrogen and oxygen atoms in total. The lowest BCUT2D eigenvalue weighted by Crippen LogP contribution is -2.19. The predicted molar refractivity (Wildman–Crippen MR) is 133 cm³/mol. The maximum absolute atomic E-state index is 12.1. The van der Waals surface area contributed by atoms with Gasteiger partial charge in [-0.3, -0.25) is 14.9 Å². The van der Waals surface area contributed by atoms with Crippen molar-refractivity contribution in [1.29, 1.82) is 0 Å². The van der Waals surface area contributed by atoms with E-state index in [2.05, 4.69) is 20.5 Å². The lowest BCUT2D eigenvalue weighted by Gasteiger charge is -2.12. The van der Waals surface area contributed by atoms with Crippen molar-refractivity contribution in [3.8, 4) is 11.5 Å². The zero-order valence-electron chi connectivity index (χ0n) is 19.6. The Bertz CT molecular complexity index is 1200. The number of nitro groups is 1. The zero-order valence-corrected chi connectivity index (χ0v) is 20.4. The topological polar surface area (TPSA) is 129 Å². The fourth-order valence-electron chi connectivity index (χ4n) is 2.97. The van der Waals surface area contributed by atoms with Gasteiger partial charge in [-0.25, -0.2) is 15.4 Å². The molecule has 0 aliphatic heterocycles. The van der Waals surface area contributed by atoms with Gasteiger partial charge in [-0.2, -0.15) is 5.10 Å². The normalized spacial score (nSPS) is 10.8. The van der Waals surface area contributed by atoms with E-state index < -0.39 is 4.92 Å². The Kier molecular flexibility index (Phi) is 9.13. The van der Waals surface area contributed by atoms with Gasteiger partial charge in [-0.15, -0.1) is 0 Å². The first-order valence-electron chi connectivity index (χ1n) is 10.7. The number of hydrazone groups is 1. The van der Waals surface area contributed by atoms with Crippen molar-refractivity contribution in [2.24, 2.45) is 5.10 Å². The maximum Gasteiger partial charge on any atom is 0.269 e. The second kappa shape index (κ2) is 12.5. The van der Waals surface area contributed by atoms with Crippen molar-refractivity contribution in [3.05, 3.63) is 81.2 Å². The molecule has 0 saturated carbocycles. The molecule has 0 unspecified atom stereocenters. The molecule has 1 heterocycles. The SMILES string of the molecule is CCOc1cc(/C=N\NC(=O)CSc2nc(C)cc(C)n2)ccc1OCc1ccc([N+](=O)[O-])cc1. The van der Waals surface area contributed by atoms with Gasteiger partial charge in [0.15, 0.2) is 16.7 Å². The number of aromatic nitrogens is 2. The number of thioether (sulfide) groups is 1. The largest absolute Gasteiger partial charge is 0.490 e. The van der Waals surface area contributed by atoms with E-state index in [1.165, 1.54) is 30.1 Å². The summed E-state index contributed by atoms with van der Waals surface area (Å²) in [5.74, 6) is 0.908. The summed E-state index contributed by atoms with van der Waals surface area (Å²) in [5, 5.41) is 15.3. The van der Waals surface area contributed by atoms with Gasteiger partial charge in [0.1, 0.15) is 6.61 Å². The van der Waals surface area contributed by atoms with E-state index in [0.29, 0.717) is 28.8 Å². The summed E-state index contributed by atoms with van der Waals surface area (Å²) in [6.07, 6.45) is 1.51. The molecule has 0 radical (unpaired) electrons. The van der Waals surface area contributed by atoms with Crippen molar-refractivity contribution in [2.75, 3.05) is 12.4 Å². The zero-order chi connectivity index (χ0) is 25.2. The van der Waals surface area contributed by atoms with Gasteiger partial charge >= 0.3 is 0 Å². The highest BCUT2D eigenvalue weighted by atomic mass is 32.2. The minimum atomic E-state index is -0.446. The van der Waals surface area contributed by atoms with Gasteiger partial charge in [0, 0.05) is 23.5 Å². The highest BCUT2D eigenvalue weighted by molar-refractivity contribution is 7.99. The molecular weight excluding hydrogens is 470 g/mol. The molecule has 35 heavy (non-hydrogen) atoms. The summed E-state index contributed by atoms with van der Waals surface area (Å²) in [4.78, 5) is 31.0. The van der Waals surface area contributed by atoms with Crippen LogP contribution in [0.15, 0.2) is 58.8 Å². The van der Waals surface area contributed by atoms with Gasteiger partial charge in [-0.1, -0.05) is 11.8 Å². The number of amides is 1. The van der Waals surface area contributed by atoms with Crippen LogP contribution in [-0.4, -0.2) is 39.4 Å². The number of nitrogens with zero attached hydrogens (tertiary/aromatic N) is 4. The molecule has 1 N–H and O–H groups in total.